The van der Waals surface area contributed by atoms with Crippen molar-refractivity contribution >= 4 is 17.5 Å². The molecule has 0 spiro atoms. The van der Waals surface area contributed by atoms with Gasteiger partial charge >= 0.3 is 18.1 Å². The molecule has 0 N–H and O–H groups in total. The highest BCUT2D eigenvalue weighted by Gasteiger charge is 2.43. The van der Waals surface area contributed by atoms with Crippen LogP contribution in [0, 0.1) is 11.3 Å². The third kappa shape index (κ3) is 5.36. The van der Waals surface area contributed by atoms with E-state index in [-0.39, 0.29) is 19.1 Å². The molecule has 7 heteroatoms. The Kier molecular flexibility index (Phi) is 6.57. The molecule has 1 aliphatic rings. The summed E-state index contributed by atoms with van der Waals surface area (Å²) in [6, 6.07) is 5.08. The van der Waals surface area contributed by atoms with Crippen LogP contribution in [-0.4, -0.2) is 25.2 Å². The number of hydrogen-bond acceptors (Lipinski definition) is 4. The predicted octanol–water partition coefficient (Wildman–Crippen LogP) is 5.02. The van der Waals surface area contributed by atoms with Crippen molar-refractivity contribution in [2.75, 3.05) is 13.2 Å². The molecule has 1 aliphatic carbocycles. The molecule has 0 heterocycles. The zero-order valence-corrected chi connectivity index (χ0v) is 16.5. The van der Waals surface area contributed by atoms with Gasteiger partial charge in [0.1, 0.15) is 13.2 Å². The molecule has 4 nitrogen and oxygen atoms in total. The van der Waals surface area contributed by atoms with E-state index in [4.69, 9.17) is 9.47 Å². The van der Waals surface area contributed by atoms with Gasteiger partial charge in [-0.25, -0.2) is 0 Å². The van der Waals surface area contributed by atoms with Gasteiger partial charge in [-0.3, -0.25) is 9.59 Å². The van der Waals surface area contributed by atoms with E-state index in [1.165, 1.54) is 26.0 Å². The van der Waals surface area contributed by atoms with Crippen LogP contribution in [-0.2, 0) is 25.2 Å². The minimum Gasteiger partial charge on any atom is -0.465 e. The van der Waals surface area contributed by atoms with Crippen molar-refractivity contribution in [3.05, 3.63) is 41.0 Å². The van der Waals surface area contributed by atoms with Crippen LogP contribution >= 0.6 is 0 Å². The van der Waals surface area contributed by atoms with Crippen LogP contribution in [0.2, 0.25) is 0 Å². The second-order valence-corrected chi connectivity index (χ2v) is 7.57. The number of carbonyl (C=O) groups is 2. The molecule has 2 rings (SSSR count). The summed E-state index contributed by atoms with van der Waals surface area (Å²) >= 11 is 0. The molecule has 0 aromatic heterocycles. The van der Waals surface area contributed by atoms with Gasteiger partial charge in [0, 0.05) is 19.3 Å². The van der Waals surface area contributed by atoms with E-state index in [2.05, 4.69) is 0 Å². The fourth-order valence-corrected chi connectivity index (χ4v) is 3.79. The molecule has 1 aromatic carbocycles. The molecule has 1 atom stereocenters. The Balaban J connectivity index is 2.30. The number of benzene rings is 1. The zero-order chi connectivity index (χ0) is 21.1. The first kappa shape index (κ1) is 22.0. The van der Waals surface area contributed by atoms with Crippen LogP contribution in [0.1, 0.15) is 51.7 Å². The third-order valence-corrected chi connectivity index (χ3v) is 5.19. The van der Waals surface area contributed by atoms with E-state index in [0.717, 1.165) is 23.3 Å². The number of allylic oxidation sites excluding steroid dienone is 2. The van der Waals surface area contributed by atoms with Crippen molar-refractivity contribution in [1.29, 1.82) is 0 Å². The third-order valence-electron chi connectivity index (χ3n) is 5.19. The number of ether oxygens (including phenoxy) is 2. The van der Waals surface area contributed by atoms with Gasteiger partial charge in [-0.1, -0.05) is 24.6 Å². The van der Waals surface area contributed by atoms with Crippen molar-refractivity contribution in [3.8, 4) is 0 Å². The van der Waals surface area contributed by atoms with Gasteiger partial charge in [0.05, 0.1) is 5.56 Å². The summed E-state index contributed by atoms with van der Waals surface area (Å²) in [5.41, 5.74) is 1.46. The zero-order valence-electron chi connectivity index (χ0n) is 16.5. The molecule has 0 amide bonds. The molecule has 0 saturated heterocycles. The Hall–Kier alpha value is -2.31. The first-order chi connectivity index (χ1) is 12.9. The van der Waals surface area contributed by atoms with Crippen molar-refractivity contribution in [2.24, 2.45) is 11.3 Å². The van der Waals surface area contributed by atoms with Crippen LogP contribution in [0.15, 0.2) is 29.8 Å². The Labute approximate surface area is 162 Å². The van der Waals surface area contributed by atoms with E-state index in [0.29, 0.717) is 18.4 Å². The number of halogens is 3. The van der Waals surface area contributed by atoms with Gasteiger partial charge in [-0.15, -0.1) is 0 Å². The lowest BCUT2D eigenvalue weighted by atomic mass is 9.86. The smallest absolute Gasteiger partial charge is 0.416 e. The lowest BCUT2D eigenvalue weighted by Gasteiger charge is -2.27. The predicted molar refractivity (Wildman–Crippen MR) is 98.1 cm³/mol. The maximum atomic E-state index is 12.8. The molecule has 1 fully saturated rings. The number of hydrogen-bond donors (Lipinski definition) is 0. The Morgan fingerprint density at radius 3 is 1.96 bits per heavy atom. The molecule has 0 bridgehead atoms. The fourth-order valence-electron chi connectivity index (χ4n) is 3.79. The summed E-state index contributed by atoms with van der Waals surface area (Å²) in [6.45, 7) is 6.80. The second-order valence-electron chi connectivity index (χ2n) is 7.57. The molecule has 154 valence electrons. The summed E-state index contributed by atoms with van der Waals surface area (Å²) < 4.78 is 48.8. The number of carbonyl (C=O) groups excluding carboxylic acids is 2. The van der Waals surface area contributed by atoms with Crippen LogP contribution in [0.4, 0.5) is 13.2 Å². The van der Waals surface area contributed by atoms with E-state index >= 15 is 0 Å². The second kappa shape index (κ2) is 8.37. The topological polar surface area (TPSA) is 52.6 Å². The van der Waals surface area contributed by atoms with E-state index < -0.39 is 29.1 Å². The summed E-state index contributed by atoms with van der Waals surface area (Å²) in [6.07, 6.45) is -3.17. The molecule has 1 saturated carbocycles. The SMILES string of the molecule is CC(=O)OCC1(COC(C)=O)C/C(=C(\C)c2ccc(C(F)(F)F)cc2)C(C)C1. The first-order valence-corrected chi connectivity index (χ1v) is 9.07. The van der Waals surface area contributed by atoms with Gasteiger partial charge < -0.3 is 9.47 Å². The molecular weight excluding hydrogens is 373 g/mol. The van der Waals surface area contributed by atoms with E-state index in [1.807, 2.05) is 13.8 Å². The van der Waals surface area contributed by atoms with Crippen molar-refractivity contribution in [3.63, 3.8) is 0 Å². The lowest BCUT2D eigenvalue weighted by molar-refractivity contribution is -0.151. The lowest BCUT2D eigenvalue weighted by Crippen LogP contribution is -2.31. The average Bonchev–Trinajstić information content (AvgIpc) is 2.94. The first-order valence-electron chi connectivity index (χ1n) is 9.07. The highest BCUT2D eigenvalue weighted by atomic mass is 19.4. The number of alkyl halides is 3. The van der Waals surface area contributed by atoms with Crippen molar-refractivity contribution < 1.29 is 32.2 Å². The van der Waals surface area contributed by atoms with Crippen molar-refractivity contribution in [2.45, 2.75) is 46.7 Å². The van der Waals surface area contributed by atoms with Crippen LogP contribution in [0.5, 0.6) is 0 Å². The summed E-state index contributed by atoms with van der Waals surface area (Å²) in [5, 5.41) is 0. The van der Waals surface area contributed by atoms with Crippen LogP contribution in [0.3, 0.4) is 0 Å². The maximum Gasteiger partial charge on any atom is 0.416 e. The number of esters is 2. The largest absolute Gasteiger partial charge is 0.465 e. The summed E-state index contributed by atoms with van der Waals surface area (Å²) in [5.74, 6) is -0.702. The van der Waals surface area contributed by atoms with E-state index in [1.54, 1.807) is 0 Å². The van der Waals surface area contributed by atoms with Gasteiger partial charge in [0.25, 0.3) is 0 Å². The molecule has 1 aromatic rings. The summed E-state index contributed by atoms with van der Waals surface area (Å²) in [4.78, 5) is 22.6. The average molecular weight is 398 g/mol. The standard InChI is InChI=1S/C21H25F3O4/c1-13-9-20(11-27-15(3)25,12-28-16(4)26)10-19(13)14(2)17-5-7-18(8-6-17)21(22,23)24/h5-8,13H,9-12H2,1-4H3/b19-14-. The minimum atomic E-state index is -4.37. The maximum absolute atomic E-state index is 12.8. The van der Waals surface area contributed by atoms with Gasteiger partial charge in [-0.2, -0.15) is 13.2 Å². The Bertz CT molecular complexity index is 745. The highest BCUT2D eigenvalue weighted by molar-refractivity contribution is 5.69. The Morgan fingerprint density at radius 2 is 1.54 bits per heavy atom. The van der Waals surface area contributed by atoms with Crippen LogP contribution in [0.25, 0.3) is 5.57 Å². The molecule has 1 unspecified atom stereocenters. The van der Waals surface area contributed by atoms with E-state index in [9.17, 15) is 22.8 Å². The molecule has 0 radical (unpaired) electrons. The van der Waals surface area contributed by atoms with Gasteiger partial charge in [0.2, 0.25) is 0 Å². The van der Waals surface area contributed by atoms with Gasteiger partial charge in [-0.05, 0) is 49.0 Å². The fraction of sp³-hybridized carbons (Fsp3) is 0.524. The van der Waals surface area contributed by atoms with Crippen molar-refractivity contribution in [1.82, 2.24) is 0 Å². The monoisotopic (exact) mass is 398 g/mol. The van der Waals surface area contributed by atoms with Gasteiger partial charge in [0.15, 0.2) is 0 Å². The summed E-state index contributed by atoms with van der Waals surface area (Å²) in [7, 11) is 0. The molecular formula is C21H25F3O4. The number of rotatable bonds is 5. The normalized spacial score (nSPS) is 20.6. The minimum absolute atomic E-state index is 0.119. The highest BCUT2D eigenvalue weighted by Crippen LogP contribution is 2.48. The molecule has 0 aliphatic heterocycles. The Morgan fingerprint density at radius 1 is 1.04 bits per heavy atom. The van der Waals surface area contributed by atoms with Crippen LogP contribution < -0.4 is 0 Å². The quantitative estimate of drug-likeness (QED) is 0.654. The molecule has 28 heavy (non-hydrogen) atoms.